The van der Waals surface area contributed by atoms with Crippen LogP contribution in [-0.2, 0) is 10.0 Å². The van der Waals surface area contributed by atoms with Crippen molar-refractivity contribution in [2.24, 2.45) is 5.92 Å². The second-order valence-electron chi connectivity index (χ2n) is 5.82. The summed E-state index contributed by atoms with van der Waals surface area (Å²) in [6, 6.07) is 0. The predicted octanol–water partition coefficient (Wildman–Crippen LogP) is 1.24. The Morgan fingerprint density at radius 1 is 1.29 bits per heavy atom. The number of sulfonamides is 1. The number of nitrogens with one attached hydrogen (secondary N) is 2. The summed E-state index contributed by atoms with van der Waals surface area (Å²) in [5, 5.41) is 3.26. The van der Waals surface area contributed by atoms with Crippen LogP contribution in [0.3, 0.4) is 0 Å². The molecular weight excluding hydrogens is 236 g/mol. The first-order valence-electron chi connectivity index (χ1n) is 6.72. The van der Waals surface area contributed by atoms with Gasteiger partial charge in [-0.1, -0.05) is 19.3 Å². The molecule has 0 aromatic rings. The smallest absolute Gasteiger partial charge is 0.212 e. The van der Waals surface area contributed by atoms with Gasteiger partial charge in [-0.25, -0.2) is 13.1 Å². The fraction of sp³-hybridized carbons (Fsp3) is 1.00. The molecule has 1 aliphatic heterocycles. The Kier molecular flexibility index (Phi) is 4.10. The summed E-state index contributed by atoms with van der Waals surface area (Å²) in [7, 11) is -3.09. The van der Waals surface area contributed by atoms with Crippen LogP contribution in [0.4, 0.5) is 0 Å². The van der Waals surface area contributed by atoms with Gasteiger partial charge in [-0.3, -0.25) is 0 Å². The quantitative estimate of drug-likeness (QED) is 0.782. The SMILES string of the molecule is CC1(NS(=O)(=O)CCC2CCC2)CCNCC1. The van der Waals surface area contributed by atoms with E-state index in [0.717, 1.165) is 32.4 Å². The summed E-state index contributed by atoms with van der Waals surface area (Å²) in [4.78, 5) is 0. The van der Waals surface area contributed by atoms with Crippen LogP contribution in [-0.4, -0.2) is 32.8 Å². The summed E-state index contributed by atoms with van der Waals surface area (Å²) in [6.07, 6.45) is 6.32. The van der Waals surface area contributed by atoms with E-state index in [4.69, 9.17) is 0 Å². The van der Waals surface area contributed by atoms with Crippen molar-refractivity contribution in [1.29, 1.82) is 0 Å². The van der Waals surface area contributed by atoms with Crippen molar-refractivity contribution in [1.82, 2.24) is 10.0 Å². The van der Waals surface area contributed by atoms with Crippen LogP contribution in [0.5, 0.6) is 0 Å². The maximum Gasteiger partial charge on any atom is 0.212 e. The molecule has 0 radical (unpaired) electrons. The maximum atomic E-state index is 12.0. The van der Waals surface area contributed by atoms with Crippen molar-refractivity contribution in [3.63, 3.8) is 0 Å². The van der Waals surface area contributed by atoms with Crippen molar-refractivity contribution < 1.29 is 8.42 Å². The van der Waals surface area contributed by atoms with Crippen LogP contribution < -0.4 is 10.0 Å². The van der Waals surface area contributed by atoms with Crippen LogP contribution in [0.1, 0.15) is 45.4 Å². The normalized spacial score (nSPS) is 25.5. The molecule has 0 amide bonds. The van der Waals surface area contributed by atoms with E-state index < -0.39 is 10.0 Å². The van der Waals surface area contributed by atoms with Crippen molar-refractivity contribution in [2.75, 3.05) is 18.8 Å². The van der Waals surface area contributed by atoms with E-state index in [1.54, 1.807) is 0 Å². The minimum atomic E-state index is -3.09. The third-order valence-corrected chi connectivity index (χ3v) is 5.71. The number of hydrogen-bond acceptors (Lipinski definition) is 3. The Labute approximate surface area is 105 Å². The summed E-state index contributed by atoms with van der Waals surface area (Å²) < 4.78 is 26.9. The molecule has 2 fully saturated rings. The van der Waals surface area contributed by atoms with Gasteiger partial charge < -0.3 is 5.32 Å². The highest BCUT2D eigenvalue weighted by Gasteiger charge is 2.31. The van der Waals surface area contributed by atoms with Crippen molar-refractivity contribution >= 4 is 10.0 Å². The molecule has 2 aliphatic rings. The van der Waals surface area contributed by atoms with Crippen LogP contribution in [0.15, 0.2) is 0 Å². The lowest BCUT2D eigenvalue weighted by Crippen LogP contribution is -2.52. The lowest BCUT2D eigenvalue weighted by molar-refractivity contribution is 0.298. The molecule has 2 rings (SSSR count). The molecule has 0 unspecified atom stereocenters. The molecule has 2 N–H and O–H groups in total. The zero-order valence-electron chi connectivity index (χ0n) is 10.7. The zero-order chi connectivity index (χ0) is 12.4. The molecule has 17 heavy (non-hydrogen) atoms. The molecule has 100 valence electrons. The molecule has 0 aromatic carbocycles. The Morgan fingerprint density at radius 3 is 2.47 bits per heavy atom. The van der Waals surface area contributed by atoms with Crippen LogP contribution in [0, 0.1) is 5.92 Å². The summed E-state index contributed by atoms with van der Waals surface area (Å²) >= 11 is 0. The van der Waals surface area contributed by atoms with Gasteiger partial charge in [0.15, 0.2) is 0 Å². The second-order valence-corrected chi connectivity index (χ2v) is 7.66. The van der Waals surface area contributed by atoms with E-state index in [9.17, 15) is 8.42 Å². The fourth-order valence-electron chi connectivity index (χ4n) is 2.61. The van der Waals surface area contributed by atoms with Gasteiger partial charge in [0.25, 0.3) is 0 Å². The molecule has 0 aromatic heterocycles. The largest absolute Gasteiger partial charge is 0.317 e. The molecule has 0 atom stereocenters. The third-order valence-electron chi connectivity index (χ3n) is 4.13. The zero-order valence-corrected chi connectivity index (χ0v) is 11.5. The van der Waals surface area contributed by atoms with E-state index in [1.807, 2.05) is 6.92 Å². The van der Waals surface area contributed by atoms with E-state index in [0.29, 0.717) is 11.7 Å². The predicted molar refractivity (Wildman–Crippen MR) is 69.4 cm³/mol. The highest BCUT2D eigenvalue weighted by atomic mass is 32.2. The van der Waals surface area contributed by atoms with Gasteiger partial charge in [-0.2, -0.15) is 0 Å². The van der Waals surface area contributed by atoms with Gasteiger partial charge in [0.05, 0.1) is 5.75 Å². The molecule has 5 heteroatoms. The average molecular weight is 260 g/mol. The standard InChI is InChI=1S/C12H24N2O2S/c1-12(6-8-13-9-7-12)14-17(15,16)10-5-11-3-2-4-11/h11,13-14H,2-10H2,1H3. The summed E-state index contributed by atoms with van der Waals surface area (Å²) in [5.41, 5.74) is -0.232. The van der Waals surface area contributed by atoms with Crippen molar-refractivity contribution in [3.05, 3.63) is 0 Å². The Hall–Kier alpha value is -0.130. The van der Waals surface area contributed by atoms with Gasteiger partial charge in [0.2, 0.25) is 10.0 Å². The first kappa shape index (κ1) is 13.3. The van der Waals surface area contributed by atoms with Gasteiger partial charge in [0, 0.05) is 5.54 Å². The minimum absolute atomic E-state index is 0.232. The van der Waals surface area contributed by atoms with Crippen LogP contribution >= 0.6 is 0 Å². The molecule has 4 nitrogen and oxygen atoms in total. The van der Waals surface area contributed by atoms with E-state index in [1.165, 1.54) is 19.3 Å². The van der Waals surface area contributed by atoms with E-state index in [2.05, 4.69) is 10.0 Å². The molecule has 1 heterocycles. The molecule has 1 saturated carbocycles. The van der Waals surface area contributed by atoms with Crippen LogP contribution in [0.25, 0.3) is 0 Å². The van der Waals surface area contributed by atoms with Crippen LogP contribution in [0.2, 0.25) is 0 Å². The lowest BCUT2D eigenvalue weighted by atomic mass is 9.84. The Bertz CT molecular complexity index is 344. The molecule has 1 aliphatic carbocycles. The first-order chi connectivity index (χ1) is 7.99. The van der Waals surface area contributed by atoms with E-state index >= 15 is 0 Å². The number of rotatable bonds is 5. The summed E-state index contributed by atoms with van der Waals surface area (Å²) in [6.45, 7) is 3.83. The monoisotopic (exact) mass is 260 g/mol. The molecule has 1 saturated heterocycles. The molecular formula is C12H24N2O2S. The number of piperidine rings is 1. The van der Waals surface area contributed by atoms with Gasteiger partial charge in [-0.05, 0) is 45.2 Å². The second kappa shape index (κ2) is 5.24. The highest BCUT2D eigenvalue weighted by molar-refractivity contribution is 7.89. The van der Waals surface area contributed by atoms with Gasteiger partial charge >= 0.3 is 0 Å². The lowest BCUT2D eigenvalue weighted by Gasteiger charge is -2.35. The first-order valence-corrected chi connectivity index (χ1v) is 8.37. The highest BCUT2D eigenvalue weighted by Crippen LogP contribution is 2.29. The Morgan fingerprint density at radius 2 is 1.94 bits per heavy atom. The maximum absolute atomic E-state index is 12.0. The summed E-state index contributed by atoms with van der Waals surface area (Å²) in [5.74, 6) is 0.966. The van der Waals surface area contributed by atoms with Gasteiger partial charge in [0.1, 0.15) is 0 Å². The Balaban J connectivity index is 1.82. The number of hydrogen-bond donors (Lipinski definition) is 2. The average Bonchev–Trinajstić information content (AvgIpc) is 2.14. The molecule has 0 spiro atoms. The minimum Gasteiger partial charge on any atom is -0.317 e. The van der Waals surface area contributed by atoms with Gasteiger partial charge in [-0.15, -0.1) is 0 Å². The molecule has 0 bridgehead atoms. The topological polar surface area (TPSA) is 58.2 Å². The third kappa shape index (κ3) is 3.93. The van der Waals surface area contributed by atoms with Crippen molar-refractivity contribution in [3.8, 4) is 0 Å². The van der Waals surface area contributed by atoms with Crippen molar-refractivity contribution in [2.45, 2.75) is 51.0 Å². The fourth-order valence-corrected chi connectivity index (χ4v) is 4.31. The van der Waals surface area contributed by atoms with E-state index in [-0.39, 0.29) is 5.54 Å².